The predicted molar refractivity (Wildman–Crippen MR) is 117 cm³/mol. The Morgan fingerprint density at radius 1 is 0.412 bits per heavy atom. The van der Waals surface area contributed by atoms with Crippen LogP contribution < -0.4 is 0 Å². The first-order valence-corrected chi connectivity index (χ1v) is 10.1. The summed E-state index contributed by atoms with van der Waals surface area (Å²) in [5.74, 6) is -0.391. The average molecular weight is 470 g/mol. The van der Waals surface area contributed by atoms with Crippen molar-refractivity contribution in [3.8, 4) is 22.3 Å². The van der Waals surface area contributed by atoms with E-state index < -0.39 is 29.3 Å². The lowest BCUT2D eigenvalue weighted by molar-refractivity contribution is -0.138. The fourth-order valence-electron chi connectivity index (χ4n) is 3.50. The van der Waals surface area contributed by atoms with E-state index in [1.54, 1.807) is 36.4 Å². The zero-order valence-corrected chi connectivity index (χ0v) is 17.4. The predicted octanol–water partition coefficient (Wildman–Crippen LogP) is 8.29. The maximum atomic E-state index is 12.7. The van der Waals surface area contributed by atoms with Crippen molar-refractivity contribution in [1.82, 2.24) is 0 Å². The molecule has 0 radical (unpaired) electrons. The molecule has 0 heterocycles. The number of alkyl halides is 6. The molecule has 4 aromatic carbocycles. The van der Waals surface area contributed by atoms with Crippen LogP contribution in [0.3, 0.4) is 0 Å². The van der Waals surface area contributed by atoms with E-state index in [-0.39, 0.29) is 5.56 Å². The molecule has 4 rings (SSSR count). The highest BCUT2D eigenvalue weighted by molar-refractivity contribution is 6.09. The van der Waals surface area contributed by atoms with Gasteiger partial charge in [-0.3, -0.25) is 4.79 Å². The smallest absolute Gasteiger partial charge is 0.289 e. The molecule has 0 N–H and O–H groups in total. The minimum atomic E-state index is -4.47. The lowest BCUT2D eigenvalue weighted by Gasteiger charge is -2.09. The van der Waals surface area contributed by atoms with Crippen molar-refractivity contribution in [1.29, 1.82) is 0 Å². The van der Waals surface area contributed by atoms with E-state index in [1.165, 1.54) is 12.1 Å². The van der Waals surface area contributed by atoms with Gasteiger partial charge in [-0.15, -0.1) is 0 Å². The van der Waals surface area contributed by atoms with Gasteiger partial charge in [-0.1, -0.05) is 72.8 Å². The number of carbonyl (C=O) groups excluding carboxylic acids is 1. The van der Waals surface area contributed by atoms with E-state index >= 15 is 0 Å². The number of carbonyl (C=O) groups is 1. The molecule has 1 nitrogen and oxygen atoms in total. The lowest BCUT2D eigenvalue weighted by Crippen LogP contribution is -2.06. The molecule has 0 saturated carbocycles. The van der Waals surface area contributed by atoms with Crippen molar-refractivity contribution in [3.05, 3.63) is 119 Å². The minimum absolute atomic E-state index is 0.154. The highest BCUT2D eigenvalue weighted by atomic mass is 19.4. The molecular formula is C27H16F6O. The average Bonchev–Trinajstić information content (AvgIpc) is 2.83. The largest absolute Gasteiger partial charge is 0.416 e. The summed E-state index contributed by atoms with van der Waals surface area (Å²) in [6.07, 6.45) is -8.85. The Hall–Kier alpha value is -3.87. The van der Waals surface area contributed by atoms with Crippen LogP contribution >= 0.6 is 0 Å². The monoisotopic (exact) mass is 470 g/mol. The molecule has 0 fully saturated rings. The molecule has 0 aliphatic rings. The van der Waals surface area contributed by atoms with Gasteiger partial charge in [0.2, 0.25) is 0 Å². The maximum absolute atomic E-state index is 12.7. The second-order valence-electron chi connectivity index (χ2n) is 7.63. The Morgan fingerprint density at radius 3 is 0.971 bits per heavy atom. The van der Waals surface area contributed by atoms with E-state index in [9.17, 15) is 31.1 Å². The second kappa shape index (κ2) is 8.82. The minimum Gasteiger partial charge on any atom is -0.289 e. The molecule has 0 aromatic heterocycles. The quantitative estimate of drug-likeness (QED) is 0.217. The van der Waals surface area contributed by atoms with Crippen molar-refractivity contribution in [2.75, 3.05) is 0 Å². The van der Waals surface area contributed by atoms with E-state index in [2.05, 4.69) is 0 Å². The summed E-state index contributed by atoms with van der Waals surface area (Å²) in [4.78, 5) is 12.6. The van der Waals surface area contributed by atoms with Crippen LogP contribution in [-0.2, 0) is 12.4 Å². The van der Waals surface area contributed by atoms with Crippen LogP contribution in [0.4, 0.5) is 26.3 Å². The summed E-state index contributed by atoms with van der Waals surface area (Å²) in [7, 11) is 0. The van der Waals surface area contributed by atoms with E-state index in [0.717, 1.165) is 53.1 Å². The molecule has 0 spiro atoms. The molecule has 4 aromatic rings. The first-order chi connectivity index (χ1) is 16.0. The highest BCUT2D eigenvalue weighted by Gasteiger charge is 2.30. The van der Waals surface area contributed by atoms with E-state index in [4.69, 9.17) is 0 Å². The number of hydrogen-bond donors (Lipinski definition) is 0. The number of rotatable bonds is 4. The van der Waals surface area contributed by atoms with Crippen molar-refractivity contribution in [2.45, 2.75) is 12.4 Å². The SMILES string of the molecule is O=C(c1ccc(-c2ccc(-c3ccc(C(F)(F)F)cc3)cc2)cc1)c1ccc(C(F)(F)F)cc1. The van der Waals surface area contributed by atoms with Gasteiger partial charge >= 0.3 is 12.4 Å². The van der Waals surface area contributed by atoms with Gasteiger partial charge in [0, 0.05) is 11.1 Å². The fraction of sp³-hybridized carbons (Fsp3) is 0.0741. The highest BCUT2D eigenvalue weighted by Crippen LogP contribution is 2.32. The van der Waals surface area contributed by atoms with Gasteiger partial charge in [-0.25, -0.2) is 0 Å². The van der Waals surface area contributed by atoms with Crippen LogP contribution in [0.25, 0.3) is 22.3 Å². The summed E-state index contributed by atoms with van der Waals surface area (Å²) in [5.41, 5.74) is 2.01. The van der Waals surface area contributed by atoms with E-state index in [1.807, 2.05) is 12.1 Å². The molecular weight excluding hydrogens is 454 g/mol. The summed E-state index contributed by atoms with van der Waals surface area (Å²) in [5, 5.41) is 0. The van der Waals surface area contributed by atoms with Gasteiger partial charge in [-0.05, 0) is 46.5 Å². The zero-order valence-electron chi connectivity index (χ0n) is 17.4. The summed E-state index contributed by atoms with van der Waals surface area (Å²) >= 11 is 0. The third-order valence-corrected chi connectivity index (χ3v) is 5.39. The van der Waals surface area contributed by atoms with Crippen molar-refractivity contribution in [3.63, 3.8) is 0 Å². The zero-order chi connectivity index (χ0) is 24.5. The standard InChI is InChI=1S/C27H16F6O/c28-26(29,30)23-13-9-20(10-14-23)18-3-1-17(2-4-18)19-5-7-21(8-6-19)25(34)22-11-15-24(16-12-22)27(31,32)33/h1-16H. The van der Waals surface area contributed by atoms with Crippen LogP contribution in [0.5, 0.6) is 0 Å². The molecule has 0 amide bonds. The summed E-state index contributed by atoms with van der Waals surface area (Å²) in [6, 6.07) is 22.8. The molecule has 0 bridgehead atoms. The van der Waals surface area contributed by atoms with E-state index in [0.29, 0.717) is 11.1 Å². The topological polar surface area (TPSA) is 17.1 Å². The number of ketones is 1. The fourth-order valence-corrected chi connectivity index (χ4v) is 3.50. The van der Waals surface area contributed by atoms with Gasteiger partial charge in [0.05, 0.1) is 11.1 Å². The van der Waals surface area contributed by atoms with Gasteiger partial charge < -0.3 is 0 Å². The molecule has 0 unspecified atom stereocenters. The van der Waals surface area contributed by atoms with Gasteiger partial charge in [-0.2, -0.15) is 26.3 Å². The van der Waals surface area contributed by atoms with Crippen LogP contribution in [0.15, 0.2) is 97.1 Å². The molecule has 172 valence electrons. The van der Waals surface area contributed by atoms with Crippen LogP contribution in [-0.4, -0.2) is 5.78 Å². The van der Waals surface area contributed by atoms with Crippen LogP contribution in [0.2, 0.25) is 0 Å². The molecule has 34 heavy (non-hydrogen) atoms. The number of hydrogen-bond acceptors (Lipinski definition) is 1. The Bertz CT molecular complexity index is 1280. The van der Waals surface area contributed by atoms with Crippen molar-refractivity contribution < 1.29 is 31.1 Å². The van der Waals surface area contributed by atoms with Crippen molar-refractivity contribution >= 4 is 5.78 Å². The van der Waals surface area contributed by atoms with Gasteiger partial charge in [0.15, 0.2) is 5.78 Å². The Balaban J connectivity index is 1.49. The van der Waals surface area contributed by atoms with Crippen molar-refractivity contribution in [2.24, 2.45) is 0 Å². The molecule has 0 aliphatic heterocycles. The first kappa shape index (κ1) is 23.3. The Labute approximate surface area is 191 Å². The Morgan fingerprint density at radius 2 is 0.647 bits per heavy atom. The molecule has 0 aliphatic carbocycles. The van der Waals surface area contributed by atoms with Crippen LogP contribution in [0, 0.1) is 0 Å². The normalized spacial score (nSPS) is 11.9. The van der Waals surface area contributed by atoms with Gasteiger partial charge in [0.25, 0.3) is 0 Å². The second-order valence-corrected chi connectivity index (χ2v) is 7.63. The van der Waals surface area contributed by atoms with Crippen LogP contribution in [0.1, 0.15) is 27.0 Å². The first-order valence-electron chi connectivity index (χ1n) is 10.1. The third kappa shape index (κ3) is 5.03. The number of halogens is 6. The Kier molecular flexibility index (Phi) is 6.04. The lowest BCUT2D eigenvalue weighted by atomic mass is 9.97. The summed E-state index contributed by atoms with van der Waals surface area (Å²) < 4.78 is 76.3. The maximum Gasteiger partial charge on any atom is 0.416 e. The number of benzene rings is 4. The molecule has 0 saturated heterocycles. The summed E-state index contributed by atoms with van der Waals surface area (Å²) in [6.45, 7) is 0. The van der Waals surface area contributed by atoms with Gasteiger partial charge in [0.1, 0.15) is 0 Å². The third-order valence-electron chi connectivity index (χ3n) is 5.39. The molecule has 0 atom stereocenters. The molecule has 7 heteroatoms.